The second-order valence-corrected chi connectivity index (χ2v) is 16.0. The van der Waals surface area contributed by atoms with Crippen LogP contribution in [0.25, 0.3) is 0 Å². The summed E-state index contributed by atoms with van der Waals surface area (Å²) in [6.07, 6.45) is 8.35. The predicted molar refractivity (Wildman–Crippen MR) is 228 cm³/mol. The maximum Gasteiger partial charge on any atom is 0.269 e. The maximum atomic E-state index is 13.9. The van der Waals surface area contributed by atoms with Gasteiger partial charge in [-0.2, -0.15) is 0 Å². The van der Waals surface area contributed by atoms with Crippen molar-refractivity contribution in [1.82, 2.24) is 19.9 Å². The minimum Gasteiger partial charge on any atom is -0.481 e. The van der Waals surface area contributed by atoms with E-state index in [-0.39, 0.29) is 35.2 Å². The van der Waals surface area contributed by atoms with E-state index in [1.165, 1.54) is 51.1 Å². The van der Waals surface area contributed by atoms with Gasteiger partial charge in [-0.15, -0.1) is 0 Å². The molecule has 2 fully saturated rings. The van der Waals surface area contributed by atoms with Crippen LogP contribution in [0.4, 0.5) is 17.6 Å². The van der Waals surface area contributed by atoms with Gasteiger partial charge < -0.3 is 18.9 Å². The Balaban J connectivity index is 0.000000254. The number of hydrogen-bond donors (Lipinski definition) is 0. The van der Waals surface area contributed by atoms with Gasteiger partial charge in [0.25, 0.3) is 12.9 Å². The summed E-state index contributed by atoms with van der Waals surface area (Å²) in [7, 11) is -2.67. The monoisotopic (exact) mass is 870 g/mol. The van der Waals surface area contributed by atoms with Crippen molar-refractivity contribution >= 4 is 11.6 Å². The quantitative estimate of drug-likeness (QED) is 0.0705. The molecule has 0 aromatic carbocycles. The van der Waals surface area contributed by atoms with Crippen LogP contribution in [0.1, 0.15) is 167 Å². The van der Waals surface area contributed by atoms with Gasteiger partial charge in [0.1, 0.15) is 0 Å². The largest absolute Gasteiger partial charge is 0.481 e. The molecule has 0 aliphatic heterocycles. The van der Waals surface area contributed by atoms with Gasteiger partial charge in [-0.05, 0) is 122 Å². The van der Waals surface area contributed by atoms with Crippen LogP contribution in [0.2, 0.25) is 0 Å². The van der Waals surface area contributed by atoms with Crippen LogP contribution in [-0.4, -0.2) is 59.8 Å². The van der Waals surface area contributed by atoms with Crippen LogP contribution in [0.5, 0.6) is 23.5 Å². The minimum absolute atomic E-state index is 0.0321. The van der Waals surface area contributed by atoms with Crippen LogP contribution >= 0.6 is 0 Å². The smallest absolute Gasteiger partial charge is 0.269 e. The van der Waals surface area contributed by atoms with E-state index in [1.807, 2.05) is 0 Å². The van der Waals surface area contributed by atoms with Gasteiger partial charge in [-0.1, -0.05) is 26.7 Å². The zero-order valence-electron chi connectivity index (χ0n) is 41.6. The van der Waals surface area contributed by atoms with Gasteiger partial charge in [0.15, 0.2) is 11.6 Å². The van der Waals surface area contributed by atoms with E-state index in [0.717, 1.165) is 38.5 Å². The molecule has 0 unspecified atom stereocenters. The summed E-state index contributed by atoms with van der Waals surface area (Å²) in [5, 5.41) is 0. The Bertz CT molecular complexity index is 2080. The van der Waals surface area contributed by atoms with Gasteiger partial charge in [-0.25, -0.2) is 37.5 Å². The first-order chi connectivity index (χ1) is 32.2. The first-order valence-corrected chi connectivity index (χ1v) is 21.2. The maximum absolute atomic E-state index is 13.9. The van der Waals surface area contributed by atoms with E-state index < -0.39 is 49.8 Å². The summed E-state index contributed by atoms with van der Waals surface area (Å²) in [5.41, 5.74) is 1.03. The lowest BCUT2D eigenvalue weighted by atomic mass is 9.71. The number of hydrogen-bond acceptors (Lipinski definition) is 10. The number of ketones is 2. The number of pyridine rings is 4. The number of alkyl halides is 4. The fourth-order valence-corrected chi connectivity index (χ4v) is 9.39. The topological polar surface area (TPSA) is 123 Å². The Labute approximate surface area is 371 Å². The molecule has 62 heavy (non-hydrogen) atoms. The number of Topliss-reactive ketones (excluding diaryl/α,β-unsaturated/α-hetero) is 2. The molecule has 4 aromatic rings. The average Bonchev–Trinajstić information content (AvgIpc) is 3.31. The molecule has 6 rings (SSSR count). The molecule has 4 aromatic heterocycles. The normalized spacial score (nSPS) is 21.6. The van der Waals surface area contributed by atoms with Crippen molar-refractivity contribution in [2.75, 3.05) is 28.3 Å². The highest BCUT2D eigenvalue weighted by atomic mass is 19.3. The highest BCUT2D eigenvalue weighted by Gasteiger charge is 2.34. The van der Waals surface area contributed by atoms with Gasteiger partial charge >= 0.3 is 0 Å². The summed E-state index contributed by atoms with van der Waals surface area (Å²) >= 11 is 0. The van der Waals surface area contributed by atoms with Crippen molar-refractivity contribution in [3.05, 3.63) is 94.6 Å². The van der Waals surface area contributed by atoms with Crippen molar-refractivity contribution in [2.45, 2.75) is 116 Å². The van der Waals surface area contributed by atoms with Gasteiger partial charge in [0.2, 0.25) is 23.5 Å². The van der Waals surface area contributed by atoms with E-state index >= 15 is 0 Å². The molecule has 0 saturated heterocycles. The van der Waals surface area contributed by atoms with E-state index in [2.05, 4.69) is 33.8 Å². The number of halogens is 4. The van der Waals surface area contributed by atoms with Crippen LogP contribution in [0, 0.1) is 23.7 Å². The summed E-state index contributed by atoms with van der Waals surface area (Å²) in [6, 6.07) is 9.84. The SMILES string of the molecule is [2H]C([2H])([2H])Oc1nccc(C2CCC([C@@H](CC)CC(=O)c3ccc(OC)nc3)CC2)c1C(F)F.[2H]C([2H])([2H])Oc1nccc(C2CCC([C@H](CC)CC(=O)c3ccc(OC)nc3)CC2)c1C(F)F. The van der Waals surface area contributed by atoms with E-state index in [4.69, 9.17) is 27.2 Å². The Hall–Kier alpha value is -5.14. The second-order valence-electron chi connectivity index (χ2n) is 16.0. The van der Waals surface area contributed by atoms with Crippen molar-refractivity contribution in [3.63, 3.8) is 0 Å². The molecule has 0 N–H and O–H groups in total. The molecule has 0 bridgehead atoms. The molecule has 14 heteroatoms. The van der Waals surface area contributed by atoms with Gasteiger partial charge in [0, 0.05) is 60.9 Å². The number of ether oxygens (including phenoxy) is 4. The number of carbonyl (C=O) groups excluding carboxylic acids is 2. The lowest BCUT2D eigenvalue weighted by molar-refractivity contribution is 0.0917. The first-order valence-electron chi connectivity index (χ1n) is 24.2. The molecule has 4 heterocycles. The van der Waals surface area contributed by atoms with Crippen LogP contribution in [0.3, 0.4) is 0 Å². The van der Waals surface area contributed by atoms with Crippen LogP contribution < -0.4 is 18.9 Å². The molecule has 2 aliphatic rings. The van der Waals surface area contributed by atoms with Crippen molar-refractivity contribution in [3.8, 4) is 23.5 Å². The number of aromatic nitrogens is 4. The third kappa shape index (κ3) is 12.1. The van der Waals surface area contributed by atoms with E-state index in [1.54, 1.807) is 24.3 Å². The molecule has 336 valence electrons. The molecule has 10 nitrogen and oxygen atoms in total. The average molecular weight is 871 g/mol. The summed E-state index contributed by atoms with van der Waals surface area (Å²) in [4.78, 5) is 41.3. The molecule has 2 aliphatic carbocycles. The zero-order chi connectivity index (χ0) is 49.8. The minimum atomic E-state index is -2.89. The van der Waals surface area contributed by atoms with Gasteiger partial charge in [-0.3, -0.25) is 9.59 Å². The van der Waals surface area contributed by atoms with E-state index in [9.17, 15) is 27.2 Å². The summed E-state index contributed by atoms with van der Waals surface area (Å²) in [5.74, 6) is 0.644. The second kappa shape index (κ2) is 23.3. The molecule has 0 amide bonds. The third-order valence-electron chi connectivity index (χ3n) is 12.8. The molecule has 0 radical (unpaired) electrons. The van der Waals surface area contributed by atoms with Crippen molar-refractivity contribution < 1.29 is 54.3 Å². The number of rotatable bonds is 18. The first kappa shape index (κ1) is 39.7. The number of nitrogens with zero attached hydrogens (tertiary/aromatic N) is 4. The predicted octanol–water partition coefficient (Wildman–Crippen LogP) is 12.0. The van der Waals surface area contributed by atoms with Crippen molar-refractivity contribution in [2.24, 2.45) is 23.7 Å². The highest BCUT2D eigenvalue weighted by molar-refractivity contribution is 5.96. The Kier molecular flexibility index (Phi) is 14.9. The fourth-order valence-electron chi connectivity index (χ4n) is 9.39. The van der Waals surface area contributed by atoms with Crippen LogP contribution in [0.15, 0.2) is 61.2 Å². The fraction of sp³-hybridized carbons (Fsp3) is 0.542. The molecular formula is C48H60F4N4O6. The highest BCUT2D eigenvalue weighted by Crippen LogP contribution is 2.46. The molecule has 2 saturated carbocycles. The lowest BCUT2D eigenvalue weighted by Crippen LogP contribution is -2.23. The zero-order valence-corrected chi connectivity index (χ0v) is 35.6. The lowest BCUT2D eigenvalue weighted by Gasteiger charge is -2.34. The van der Waals surface area contributed by atoms with Crippen LogP contribution in [-0.2, 0) is 0 Å². The van der Waals surface area contributed by atoms with Gasteiger partial charge in [0.05, 0.1) is 47.6 Å². The van der Waals surface area contributed by atoms with Crippen molar-refractivity contribution in [1.29, 1.82) is 0 Å². The molecule has 0 spiro atoms. The summed E-state index contributed by atoms with van der Waals surface area (Å²) in [6.45, 7) is 4.12. The molecule has 2 atom stereocenters. The number of methoxy groups -OCH3 is 4. The Morgan fingerprint density at radius 1 is 0.597 bits per heavy atom. The van der Waals surface area contributed by atoms with E-state index in [0.29, 0.717) is 84.4 Å². The summed E-state index contributed by atoms with van der Waals surface area (Å²) < 4.78 is 119. The Morgan fingerprint density at radius 2 is 0.984 bits per heavy atom. The Morgan fingerprint density at radius 3 is 1.27 bits per heavy atom. The number of carbonyl (C=O) groups is 2. The molecular weight excluding hydrogens is 805 g/mol. The third-order valence-corrected chi connectivity index (χ3v) is 12.8. The standard InChI is InChI=1S/2C24H30F2N2O3/c2*1-4-15(13-20(29)18-9-10-21(30-2)28-14-18)16-5-7-17(8-6-16)19-11-12-27-24(31-3)22(19)23(25)26/h2*9-12,14-17,23H,4-8,13H2,1-3H3/t2*15-,16?,17?/m10/s1/i2*3D3.